The van der Waals surface area contributed by atoms with Crippen LogP contribution in [-0.4, -0.2) is 36.6 Å². The summed E-state index contributed by atoms with van der Waals surface area (Å²) in [6.07, 6.45) is 2.92. The van der Waals surface area contributed by atoms with Crippen LogP contribution >= 0.6 is 11.3 Å². The van der Waals surface area contributed by atoms with E-state index in [4.69, 9.17) is 0 Å². The number of aromatic nitrogens is 2. The number of fused-ring (bicyclic) bond motifs is 1. The van der Waals surface area contributed by atoms with E-state index >= 15 is 0 Å². The largest absolute Gasteiger partial charge is 0.355 e. The summed E-state index contributed by atoms with van der Waals surface area (Å²) in [5.41, 5.74) is 1.07. The Balaban J connectivity index is 1.87. The zero-order valence-electron chi connectivity index (χ0n) is 9.89. The van der Waals surface area contributed by atoms with E-state index in [1.165, 1.54) is 11.1 Å². The number of rotatable bonds is 3. The van der Waals surface area contributed by atoms with Gasteiger partial charge in [0.15, 0.2) is 0 Å². The van der Waals surface area contributed by atoms with Gasteiger partial charge in [0, 0.05) is 13.1 Å². The van der Waals surface area contributed by atoms with Crippen LogP contribution < -0.4 is 10.2 Å². The lowest BCUT2D eigenvalue weighted by atomic mass is 10.1. The van der Waals surface area contributed by atoms with Gasteiger partial charge in [-0.3, -0.25) is 0 Å². The molecule has 0 spiro atoms. The van der Waals surface area contributed by atoms with Crippen molar-refractivity contribution >= 4 is 27.4 Å². The first kappa shape index (κ1) is 10.9. The molecule has 4 nitrogen and oxygen atoms in total. The molecule has 0 radical (unpaired) electrons. The van der Waals surface area contributed by atoms with Gasteiger partial charge < -0.3 is 10.2 Å². The quantitative estimate of drug-likeness (QED) is 0.898. The summed E-state index contributed by atoms with van der Waals surface area (Å²) < 4.78 is 1.22. The summed E-state index contributed by atoms with van der Waals surface area (Å²) in [7, 11) is 2.02. The minimum absolute atomic E-state index is 0.741. The molecule has 5 heteroatoms. The smallest absolute Gasteiger partial charge is 0.150 e. The SMILES string of the molecule is CNCC1CCN(c2ncnc3ccsc23)C1. The van der Waals surface area contributed by atoms with Gasteiger partial charge in [0.05, 0.1) is 10.2 Å². The third kappa shape index (κ3) is 2.00. The van der Waals surface area contributed by atoms with Gasteiger partial charge in [-0.15, -0.1) is 11.3 Å². The Morgan fingerprint density at radius 1 is 1.53 bits per heavy atom. The average Bonchev–Trinajstić information content (AvgIpc) is 2.96. The van der Waals surface area contributed by atoms with Crippen LogP contribution in [0, 0.1) is 5.92 Å². The molecule has 1 aliphatic heterocycles. The molecule has 0 saturated carbocycles. The van der Waals surface area contributed by atoms with Crippen LogP contribution in [0.25, 0.3) is 10.2 Å². The Morgan fingerprint density at radius 3 is 3.35 bits per heavy atom. The van der Waals surface area contributed by atoms with Crippen LogP contribution in [0.3, 0.4) is 0 Å². The molecular weight excluding hydrogens is 232 g/mol. The minimum Gasteiger partial charge on any atom is -0.355 e. The van der Waals surface area contributed by atoms with Gasteiger partial charge in [-0.05, 0) is 37.4 Å². The second-order valence-corrected chi connectivity index (χ2v) is 5.41. The lowest BCUT2D eigenvalue weighted by molar-refractivity contribution is 0.549. The number of anilines is 1. The maximum Gasteiger partial charge on any atom is 0.150 e. The van der Waals surface area contributed by atoms with Crippen molar-refractivity contribution in [3.05, 3.63) is 17.8 Å². The van der Waals surface area contributed by atoms with Crippen molar-refractivity contribution in [2.45, 2.75) is 6.42 Å². The Bertz CT molecular complexity index is 510. The molecule has 2 aromatic heterocycles. The van der Waals surface area contributed by atoms with Gasteiger partial charge >= 0.3 is 0 Å². The molecule has 3 rings (SSSR count). The van der Waals surface area contributed by atoms with Gasteiger partial charge in [0.1, 0.15) is 12.1 Å². The third-order valence-electron chi connectivity index (χ3n) is 3.30. The molecular formula is C12H16N4S. The highest BCUT2D eigenvalue weighted by molar-refractivity contribution is 7.17. The third-order valence-corrected chi connectivity index (χ3v) is 4.20. The van der Waals surface area contributed by atoms with Gasteiger partial charge in [-0.25, -0.2) is 9.97 Å². The lowest BCUT2D eigenvalue weighted by Gasteiger charge is -2.17. The van der Waals surface area contributed by atoms with Crippen LogP contribution in [0.2, 0.25) is 0 Å². The fraction of sp³-hybridized carbons (Fsp3) is 0.500. The molecule has 0 aromatic carbocycles. The molecule has 1 atom stereocenters. The van der Waals surface area contributed by atoms with Crippen molar-refractivity contribution in [1.29, 1.82) is 0 Å². The van der Waals surface area contributed by atoms with Crippen molar-refractivity contribution < 1.29 is 0 Å². The van der Waals surface area contributed by atoms with Gasteiger partial charge in [-0.1, -0.05) is 0 Å². The summed E-state index contributed by atoms with van der Waals surface area (Å²) in [5, 5.41) is 5.34. The zero-order chi connectivity index (χ0) is 11.7. The molecule has 90 valence electrons. The van der Waals surface area contributed by atoms with Crippen LogP contribution in [0.5, 0.6) is 0 Å². The van der Waals surface area contributed by atoms with E-state index in [0.29, 0.717) is 0 Å². The van der Waals surface area contributed by atoms with E-state index in [1.54, 1.807) is 17.7 Å². The topological polar surface area (TPSA) is 41.0 Å². The van der Waals surface area contributed by atoms with E-state index in [1.807, 2.05) is 7.05 Å². The number of nitrogens with zero attached hydrogens (tertiary/aromatic N) is 3. The molecule has 1 aliphatic rings. The van der Waals surface area contributed by atoms with E-state index in [0.717, 1.165) is 36.9 Å². The number of thiophene rings is 1. The Labute approximate surface area is 105 Å². The number of hydrogen-bond donors (Lipinski definition) is 1. The second kappa shape index (κ2) is 4.58. The van der Waals surface area contributed by atoms with E-state index in [9.17, 15) is 0 Å². The Kier molecular flexibility index (Phi) is 2.94. The predicted octanol–water partition coefficient (Wildman–Crippen LogP) is 1.74. The van der Waals surface area contributed by atoms with Crippen LogP contribution in [0.15, 0.2) is 17.8 Å². The molecule has 1 saturated heterocycles. The van der Waals surface area contributed by atoms with Crippen LogP contribution in [-0.2, 0) is 0 Å². The highest BCUT2D eigenvalue weighted by atomic mass is 32.1. The average molecular weight is 248 g/mol. The monoisotopic (exact) mass is 248 g/mol. The molecule has 17 heavy (non-hydrogen) atoms. The molecule has 0 aliphatic carbocycles. The minimum atomic E-state index is 0.741. The standard InChI is InChI=1S/C12H16N4S/c1-13-6-9-2-4-16(7-9)12-11-10(3-5-17-11)14-8-15-12/h3,5,8-9,13H,2,4,6-7H2,1H3. The van der Waals surface area contributed by atoms with Gasteiger partial charge in [-0.2, -0.15) is 0 Å². The summed E-state index contributed by atoms with van der Waals surface area (Å²) >= 11 is 1.73. The first-order valence-corrected chi connectivity index (χ1v) is 6.84. The van der Waals surface area contributed by atoms with E-state index in [2.05, 4.69) is 31.6 Å². The highest BCUT2D eigenvalue weighted by Crippen LogP contribution is 2.31. The first-order valence-electron chi connectivity index (χ1n) is 5.96. The van der Waals surface area contributed by atoms with Crippen molar-refractivity contribution in [2.75, 3.05) is 31.6 Å². The van der Waals surface area contributed by atoms with Gasteiger partial charge in [0.2, 0.25) is 0 Å². The molecule has 1 N–H and O–H groups in total. The summed E-state index contributed by atoms with van der Waals surface area (Å²) in [6, 6.07) is 2.06. The molecule has 0 amide bonds. The zero-order valence-corrected chi connectivity index (χ0v) is 10.7. The first-order chi connectivity index (χ1) is 8.38. The Morgan fingerprint density at radius 2 is 2.47 bits per heavy atom. The van der Waals surface area contributed by atoms with Crippen molar-refractivity contribution in [3.8, 4) is 0 Å². The molecule has 1 fully saturated rings. The second-order valence-electron chi connectivity index (χ2n) is 4.49. The maximum absolute atomic E-state index is 4.46. The predicted molar refractivity (Wildman–Crippen MR) is 71.7 cm³/mol. The summed E-state index contributed by atoms with van der Waals surface area (Å²) in [6.45, 7) is 3.30. The number of nitrogens with one attached hydrogen (secondary N) is 1. The summed E-state index contributed by atoms with van der Waals surface area (Å²) in [5.74, 6) is 1.86. The highest BCUT2D eigenvalue weighted by Gasteiger charge is 2.24. The van der Waals surface area contributed by atoms with Crippen molar-refractivity contribution in [2.24, 2.45) is 5.92 Å². The normalized spacial score (nSPS) is 20.3. The van der Waals surface area contributed by atoms with Crippen molar-refractivity contribution in [3.63, 3.8) is 0 Å². The molecule has 1 unspecified atom stereocenters. The maximum atomic E-state index is 4.46. The van der Waals surface area contributed by atoms with E-state index in [-0.39, 0.29) is 0 Å². The molecule has 3 heterocycles. The van der Waals surface area contributed by atoms with Crippen LogP contribution in [0.4, 0.5) is 5.82 Å². The Hall–Kier alpha value is -1.20. The van der Waals surface area contributed by atoms with E-state index < -0.39 is 0 Å². The number of hydrogen-bond acceptors (Lipinski definition) is 5. The van der Waals surface area contributed by atoms with Gasteiger partial charge in [0.25, 0.3) is 0 Å². The lowest BCUT2D eigenvalue weighted by Crippen LogP contribution is -2.24. The van der Waals surface area contributed by atoms with Crippen LogP contribution in [0.1, 0.15) is 6.42 Å². The van der Waals surface area contributed by atoms with Crippen molar-refractivity contribution in [1.82, 2.24) is 15.3 Å². The summed E-state index contributed by atoms with van der Waals surface area (Å²) in [4.78, 5) is 11.1. The molecule has 2 aromatic rings. The fourth-order valence-electron chi connectivity index (χ4n) is 2.48. The fourth-order valence-corrected chi connectivity index (χ4v) is 3.34. The molecule has 0 bridgehead atoms.